The molecule has 15 aromatic rings. The quantitative estimate of drug-likeness (QED) is 0.0270. The number of H-pyrrole nitrogens is 5. The lowest BCUT2D eigenvalue weighted by Crippen LogP contribution is -2.42. The molecule has 20 heteroatoms. The van der Waals surface area contributed by atoms with E-state index in [1.165, 1.54) is 95.9 Å². The van der Waals surface area contributed by atoms with Gasteiger partial charge in [-0.05, 0) is 283 Å². The topological polar surface area (TPSA) is 197 Å². The molecule has 10 aromatic carbocycles. The van der Waals surface area contributed by atoms with E-state index in [1.807, 2.05) is 188 Å². The van der Waals surface area contributed by atoms with Crippen molar-refractivity contribution in [1.82, 2.24) is 73.9 Å². The fraction of sp³-hybridized carbons (Fsp3) is 0.384. The summed E-state index contributed by atoms with van der Waals surface area (Å²) >= 11 is 0. The van der Waals surface area contributed by atoms with Crippen LogP contribution in [0.2, 0.25) is 0 Å². The Labute approximate surface area is 859 Å². The summed E-state index contributed by atoms with van der Waals surface area (Å²) in [5, 5.41) is 5.44. The van der Waals surface area contributed by atoms with Gasteiger partial charge in [0.05, 0.1) is 0 Å². The number of nitrogens with zero attached hydrogens (tertiary/aromatic N) is 10. The number of terminal acetylenes is 1. The normalized spacial score (nSPS) is 17.4. The van der Waals surface area contributed by atoms with Crippen molar-refractivity contribution in [3.8, 4) is 12.3 Å². The summed E-state index contributed by atoms with van der Waals surface area (Å²) < 4.78 is 0. The molecule has 5 saturated heterocycles. The lowest BCUT2D eigenvalue weighted by atomic mass is 9.96. The minimum atomic E-state index is 0.0903. The van der Waals surface area contributed by atoms with Crippen molar-refractivity contribution in [3.05, 3.63) is 358 Å². The van der Waals surface area contributed by atoms with Gasteiger partial charge in [-0.1, -0.05) is 229 Å². The van der Waals surface area contributed by atoms with E-state index >= 15 is 0 Å². The highest BCUT2D eigenvalue weighted by Gasteiger charge is 2.33. The van der Waals surface area contributed by atoms with Crippen LogP contribution in [0.15, 0.2) is 279 Å². The molecule has 5 aromatic heterocycles. The van der Waals surface area contributed by atoms with Crippen LogP contribution >= 0.6 is 0 Å². The molecule has 5 aliphatic rings. The number of para-hydroxylation sites is 5. The Balaban J connectivity index is 0.000000130. The van der Waals surface area contributed by atoms with Gasteiger partial charge in [-0.2, -0.15) is 0 Å². The van der Waals surface area contributed by atoms with Crippen molar-refractivity contribution in [2.75, 3.05) is 131 Å². The van der Waals surface area contributed by atoms with Gasteiger partial charge in [0, 0.05) is 191 Å². The number of likely N-dealkylation sites (tertiary alicyclic amines) is 5. The van der Waals surface area contributed by atoms with Crippen molar-refractivity contribution >= 4 is 84.1 Å². The molecule has 0 radical (unpaired) electrons. The van der Waals surface area contributed by atoms with Crippen LogP contribution in [0.1, 0.15) is 201 Å². The minimum absolute atomic E-state index is 0.0903. The molecule has 756 valence electrons. The number of carbonyl (C=O) groups is 5. The predicted molar refractivity (Wildman–Crippen MR) is 594 cm³/mol. The number of aryl methyl sites for hydroxylation is 3. The van der Waals surface area contributed by atoms with Gasteiger partial charge in [-0.25, -0.2) is 0 Å². The fourth-order valence-electron chi connectivity index (χ4n) is 22.3. The first-order valence-corrected chi connectivity index (χ1v) is 53.5. The lowest BCUT2D eigenvalue weighted by Gasteiger charge is -2.35. The number of amides is 5. The number of nitrogens with one attached hydrogen (secondary N) is 5. The Morgan fingerprint density at radius 2 is 0.503 bits per heavy atom. The number of carbonyl (C=O) groups excluding carboxylic acids is 5. The van der Waals surface area contributed by atoms with Gasteiger partial charge >= 0.3 is 0 Å². The van der Waals surface area contributed by atoms with Crippen LogP contribution in [0.25, 0.3) is 54.5 Å². The zero-order chi connectivity index (χ0) is 101. The van der Waals surface area contributed by atoms with Gasteiger partial charge in [0.25, 0.3) is 29.5 Å². The van der Waals surface area contributed by atoms with Crippen LogP contribution in [-0.4, -0.2) is 234 Å². The summed E-state index contributed by atoms with van der Waals surface area (Å²) in [5.41, 5.74) is 20.2. The van der Waals surface area contributed by atoms with Crippen LogP contribution in [0.3, 0.4) is 0 Å². The highest BCUT2D eigenvalue weighted by molar-refractivity contribution is 6.01. The van der Waals surface area contributed by atoms with Crippen molar-refractivity contribution in [2.45, 2.75) is 152 Å². The number of aromatic amines is 5. The Bertz CT molecular complexity index is 6430. The largest absolute Gasteiger partial charge is 0.351 e. The molecule has 0 saturated carbocycles. The first kappa shape index (κ1) is 104. The second-order valence-corrected chi connectivity index (χ2v) is 41.1. The van der Waals surface area contributed by atoms with E-state index in [0.717, 1.165) is 237 Å². The number of hydrogen-bond acceptors (Lipinski definition) is 10. The Morgan fingerprint density at radius 1 is 0.269 bits per heavy atom. The molecular weight excluding hydrogens is 1790 g/mol. The molecule has 5 atom stereocenters. The number of rotatable bonds is 30. The Morgan fingerprint density at radius 3 is 0.759 bits per heavy atom. The molecular formula is C125H151N15O5. The van der Waals surface area contributed by atoms with Crippen molar-refractivity contribution in [2.24, 2.45) is 29.6 Å². The minimum Gasteiger partial charge on any atom is -0.351 e. The monoisotopic (exact) mass is 1940 g/mol. The van der Waals surface area contributed by atoms with E-state index in [1.54, 1.807) is 0 Å². The van der Waals surface area contributed by atoms with Crippen LogP contribution < -0.4 is 0 Å². The van der Waals surface area contributed by atoms with Crippen molar-refractivity contribution in [3.63, 3.8) is 0 Å². The average Bonchev–Trinajstić information content (AvgIpc) is 1.69. The predicted octanol–water partition coefficient (Wildman–Crippen LogP) is 23.6. The average molecular weight is 1940 g/mol. The van der Waals surface area contributed by atoms with Gasteiger partial charge < -0.3 is 49.4 Å². The number of hydrogen-bond donors (Lipinski definition) is 5. The fourth-order valence-corrected chi connectivity index (χ4v) is 22.3. The highest BCUT2D eigenvalue weighted by atomic mass is 16.2. The molecule has 20 rings (SSSR count). The van der Waals surface area contributed by atoms with Gasteiger partial charge in [0.1, 0.15) is 28.5 Å². The molecule has 0 spiro atoms. The van der Waals surface area contributed by atoms with Crippen LogP contribution in [0.5, 0.6) is 0 Å². The van der Waals surface area contributed by atoms with E-state index in [0.29, 0.717) is 58.1 Å². The number of fused-ring (bicyclic) bond motifs is 5. The molecule has 0 bridgehead atoms. The first-order valence-electron chi connectivity index (χ1n) is 53.5. The Hall–Kier alpha value is -13.4. The summed E-state index contributed by atoms with van der Waals surface area (Å²) in [7, 11) is 0. The van der Waals surface area contributed by atoms with Crippen LogP contribution in [0.4, 0.5) is 0 Å². The van der Waals surface area contributed by atoms with Gasteiger partial charge in [-0.15, -0.1) is 6.42 Å². The Kier molecular flexibility index (Phi) is 37.4. The van der Waals surface area contributed by atoms with E-state index in [4.69, 9.17) is 6.42 Å². The molecule has 0 aliphatic carbocycles. The third-order valence-corrected chi connectivity index (χ3v) is 29.8. The molecule has 145 heavy (non-hydrogen) atoms. The number of piperidine rings is 5. The van der Waals surface area contributed by atoms with E-state index in [2.05, 4.69) is 226 Å². The van der Waals surface area contributed by atoms with Crippen molar-refractivity contribution < 1.29 is 24.0 Å². The smallest absolute Gasteiger partial charge is 0.270 e. The second-order valence-electron chi connectivity index (χ2n) is 41.1. The van der Waals surface area contributed by atoms with E-state index < -0.39 is 0 Å². The standard InChI is InChI=1S/C26H29N3O.3C25H31N3O.C24H29N3O/c1-3-20-9-7-10-21(15-20)17-28-14-8-11-22(18-28)19-29(4-2)26(30)25-16-23-12-5-6-13-24(23)27-25;2*1-3-28(25(29)24-15-22-11-4-5-12-23(22)26-24)18-21-10-7-13-27(17-21)16-20-9-6-8-19(2)14-20;1-3-28(25(29)24-15-22-8-4-5-9-23(22)26-24)18-21-7-6-14-27(17-21)16-20-12-10-19(2)11-13-20;1-2-27(24(28)23-15-21-12-6-7-13-22(21)25-23)18-20-11-8-14-26(17-20)16-19-9-4-3-5-10-19/h1,5-7,9-10,12-13,15-16,22,27H,4,8,11,14,17-19H2,2H3;2*4-6,8-9,11-12,14-15,21,26H,3,7,10,13,16-18H2,1-2H3;4-5,8-13,15,21,26H,3,6-7,14,16-18H2,1-2H3;3-7,9-10,12-13,15,20,25H,2,8,11,14,16-18H2,1H3. The summed E-state index contributed by atoms with van der Waals surface area (Å²) in [6.45, 7) is 40.4. The van der Waals surface area contributed by atoms with Crippen LogP contribution in [-0.2, 0) is 32.7 Å². The van der Waals surface area contributed by atoms with Gasteiger partial charge in [-0.3, -0.25) is 48.5 Å². The van der Waals surface area contributed by atoms with E-state index in [9.17, 15) is 24.0 Å². The molecule has 5 aliphatic heterocycles. The molecule has 20 nitrogen and oxygen atoms in total. The maximum Gasteiger partial charge on any atom is 0.270 e. The molecule has 5 N–H and O–H groups in total. The molecule has 10 heterocycles. The molecule has 5 unspecified atom stereocenters. The summed E-state index contributed by atoms with van der Waals surface area (Å²) in [5.74, 6) is 5.86. The summed E-state index contributed by atoms with van der Waals surface area (Å²) in [4.78, 5) is 105. The first-order chi connectivity index (χ1) is 70.7. The summed E-state index contributed by atoms with van der Waals surface area (Å²) in [6, 6.07) is 95.5. The van der Waals surface area contributed by atoms with Crippen LogP contribution in [0, 0.1) is 62.7 Å². The SMILES string of the molecule is C#Cc1cccc(CN2CCCC(CN(CC)C(=O)c3cc4ccccc4[nH]3)C2)c1.CCN(CC1CCCN(Cc2ccc(C)cc2)C1)C(=O)c1cc2ccccc2[nH]1.CCN(CC1CCCN(Cc2cccc(C)c2)C1)C(=O)c1cc2ccccc2[nH]1.CCN(CC1CCCN(Cc2cccc(C)c2)C1)C(=O)c1cc2ccccc2[nH]1.CCN(CC1CCCN(Cc2ccccc2)C1)C(=O)c1cc2ccccc2[nH]1. The van der Waals surface area contributed by atoms with E-state index in [-0.39, 0.29) is 29.5 Å². The third kappa shape index (κ3) is 29.3. The highest BCUT2D eigenvalue weighted by Crippen LogP contribution is 2.31. The second kappa shape index (κ2) is 51.9. The molecule has 5 amide bonds. The number of benzene rings is 10. The number of aromatic nitrogens is 5. The third-order valence-electron chi connectivity index (χ3n) is 29.8. The zero-order valence-corrected chi connectivity index (χ0v) is 86.8. The zero-order valence-electron chi connectivity index (χ0n) is 86.8. The van der Waals surface area contributed by atoms with Crippen molar-refractivity contribution in [1.29, 1.82) is 0 Å². The summed E-state index contributed by atoms with van der Waals surface area (Å²) in [6.07, 6.45) is 17.5. The maximum atomic E-state index is 13.1. The maximum absolute atomic E-state index is 13.1. The van der Waals surface area contributed by atoms with Gasteiger partial charge in [0.15, 0.2) is 0 Å². The molecule has 5 fully saturated rings. The van der Waals surface area contributed by atoms with Gasteiger partial charge in [0.2, 0.25) is 0 Å². The lowest BCUT2D eigenvalue weighted by molar-refractivity contribution is 0.0674.